The Hall–Kier alpha value is -2.41. The summed E-state index contributed by atoms with van der Waals surface area (Å²) in [5, 5.41) is 13.4. The van der Waals surface area contributed by atoms with Crippen molar-refractivity contribution < 1.29 is 4.79 Å². The molecular weight excluding hydrogens is 310 g/mol. The minimum Gasteiger partial charge on any atom is -0.332 e. The number of carbonyl (C=O) groups is 1. The summed E-state index contributed by atoms with van der Waals surface area (Å²) in [6.07, 6.45) is 5.74. The molecule has 0 aliphatic carbocycles. The first-order valence-electron chi connectivity index (χ1n) is 7.69. The molecule has 0 saturated carbocycles. The summed E-state index contributed by atoms with van der Waals surface area (Å²) in [6.45, 7) is 1.52. The highest BCUT2D eigenvalue weighted by Crippen LogP contribution is 2.25. The lowest BCUT2D eigenvalue weighted by Gasteiger charge is -2.23. The Balaban J connectivity index is 1.51. The van der Waals surface area contributed by atoms with Crippen molar-refractivity contribution in [2.24, 2.45) is 0 Å². The molecule has 0 spiro atoms. The number of carbonyl (C=O) groups excluding carboxylic acids is 1. The van der Waals surface area contributed by atoms with Gasteiger partial charge in [-0.1, -0.05) is 6.07 Å². The van der Waals surface area contributed by atoms with Gasteiger partial charge in [0.25, 0.3) is 5.91 Å². The highest BCUT2D eigenvalue weighted by Gasteiger charge is 2.31. The summed E-state index contributed by atoms with van der Waals surface area (Å²) in [5.41, 5.74) is 1.38. The Labute approximate surface area is 137 Å². The predicted molar refractivity (Wildman–Crippen MR) is 88.2 cm³/mol. The molecule has 3 aromatic rings. The molecular formula is C16H17N5OS. The number of hydrogen-bond acceptors (Lipinski definition) is 4. The van der Waals surface area contributed by atoms with Crippen LogP contribution in [-0.2, 0) is 6.54 Å². The predicted octanol–water partition coefficient (Wildman–Crippen LogP) is 2.64. The van der Waals surface area contributed by atoms with Crippen LogP contribution in [0.25, 0.3) is 10.6 Å². The molecule has 1 fully saturated rings. The van der Waals surface area contributed by atoms with Crippen molar-refractivity contribution >= 4 is 17.2 Å². The molecule has 4 heterocycles. The first kappa shape index (κ1) is 14.2. The van der Waals surface area contributed by atoms with Crippen LogP contribution in [0.1, 0.15) is 23.3 Å². The molecule has 1 amide bonds. The van der Waals surface area contributed by atoms with E-state index in [1.165, 1.54) is 0 Å². The van der Waals surface area contributed by atoms with Crippen LogP contribution in [0.4, 0.5) is 0 Å². The molecule has 1 aliphatic heterocycles. The maximum atomic E-state index is 12.8. The van der Waals surface area contributed by atoms with Gasteiger partial charge in [-0.2, -0.15) is 10.2 Å². The van der Waals surface area contributed by atoms with Crippen molar-refractivity contribution in [3.05, 3.63) is 47.7 Å². The fraction of sp³-hybridized carbons (Fsp3) is 0.312. The number of amides is 1. The molecule has 6 nitrogen and oxygen atoms in total. The number of rotatable bonds is 4. The van der Waals surface area contributed by atoms with Crippen molar-refractivity contribution in [1.82, 2.24) is 24.9 Å². The number of aromatic nitrogens is 4. The normalized spacial score (nSPS) is 17.7. The molecule has 23 heavy (non-hydrogen) atoms. The number of nitrogens with one attached hydrogen (secondary N) is 1. The van der Waals surface area contributed by atoms with Crippen molar-refractivity contribution in [3.63, 3.8) is 0 Å². The smallest absolute Gasteiger partial charge is 0.274 e. The van der Waals surface area contributed by atoms with E-state index in [0.717, 1.165) is 36.5 Å². The second-order valence-corrected chi connectivity index (χ2v) is 6.61. The molecule has 0 bridgehead atoms. The van der Waals surface area contributed by atoms with Crippen LogP contribution >= 0.6 is 11.3 Å². The SMILES string of the molecule is O=C(c1cc(-c2cccs2)[nH]n1)N1CCC[C@H]1Cn1cccn1. The topological polar surface area (TPSA) is 66.8 Å². The highest BCUT2D eigenvalue weighted by molar-refractivity contribution is 7.13. The lowest BCUT2D eigenvalue weighted by molar-refractivity contribution is 0.0715. The summed E-state index contributed by atoms with van der Waals surface area (Å²) < 4.78 is 1.89. The summed E-state index contributed by atoms with van der Waals surface area (Å²) >= 11 is 1.63. The van der Waals surface area contributed by atoms with Gasteiger partial charge >= 0.3 is 0 Å². The molecule has 118 valence electrons. The highest BCUT2D eigenvalue weighted by atomic mass is 32.1. The molecule has 3 aromatic heterocycles. The fourth-order valence-electron chi connectivity index (χ4n) is 3.05. The van der Waals surface area contributed by atoms with Gasteiger partial charge in [0.2, 0.25) is 0 Å². The van der Waals surface area contributed by atoms with Gasteiger partial charge in [0.05, 0.1) is 23.2 Å². The Morgan fingerprint density at radius 1 is 1.43 bits per heavy atom. The van der Waals surface area contributed by atoms with E-state index in [1.807, 2.05) is 45.4 Å². The number of hydrogen-bond donors (Lipinski definition) is 1. The van der Waals surface area contributed by atoms with Crippen molar-refractivity contribution in [3.8, 4) is 10.6 Å². The zero-order valence-electron chi connectivity index (χ0n) is 12.6. The third-order valence-corrected chi connectivity index (χ3v) is 5.08. The van der Waals surface area contributed by atoms with Gasteiger partial charge in [-0.3, -0.25) is 14.6 Å². The molecule has 1 saturated heterocycles. The zero-order valence-corrected chi connectivity index (χ0v) is 13.4. The largest absolute Gasteiger partial charge is 0.332 e. The van der Waals surface area contributed by atoms with Gasteiger partial charge in [0.1, 0.15) is 0 Å². The number of thiophene rings is 1. The van der Waals surface area contributed by atoms with Crippen LogP contribution in [0.3, 0.4) is 0 Å². The minimum atomic E-state index is -0.00119. The molecule has 0 radical (unpaired) electrons. The first-order chi connectivity index (χ1) is 11.3. The Morgan fingerprint density at radius 2 is 2.39 bits per heavy atom. The van der Waals surface area contributed by atoms with Crippen LogP contribution < -0.4 is 0 Å². The number of H-pyrrole nitrogens is 1. The lowest BCUT2D eigenvalue weighted by Crippen LogP contribution is -2.38. The average molecular weight is 327 g/mol. The van der Waals surface area contributed by atoms with E-state index in [4.69, 9.17) is 0 Å². The maximum Gasteiger partial charge on any atom is 0.274 e. The quantitative estimate of drug-likeness (QED) is 0.801. The number of likely N-dealkylation sites (tertiary alicyclic amines) is 1. The molecule has 0 aromatic carbocycles. The second kappa shape index (κ2) is 6.00. The lowest BCUT2D eigenvalue weighted by atomic mass is 10.2. The standard InChI is InChI=1S/C16H17N5OS/c22-16(14-10-13(18-19-14)15-5-2-9-23-15)21-8-1-4-12(21)11-20-7-3-6-17-20/h2-3,5-7,9-10,12H,1,4,8,11H2,(H,18,19)/t12-/m0/s1. The number of aromatic amines is 1. The summed E-state index contributed by atoms with van der Waals surface area (Å²) in [5.74, 6) is -0.00119. The monoisotopic (exact) mass is 327 g/mol. The fourth-order valence-corrected chi connectivity index (χ4v) is 3.75. The van der Waals surface area contributed by atoms with Crippen molar-refractivity contribution in [2.45, 2.75) is 25.4 Å². The molecule has 7 heteroatoms. The Kier molecular flexibility index (Phi) is 3.70. The third-order valence-electron chi connectivity index (χ3n) is 4.18. The maximum absolute atomic E-state index is 12.8. The molecule has 1 aliphatic rings. The van der Waals surface area contributed by atoms with E-state index in [9.17, 15) is 4.79 Å². The van der Waals surface area contributed by atoms with Gasteiger partial charge in [0.15, 0.2) is 5.69 Å². The van der Waals surface area contributed by atoms with Crippen LogP contribution in [0.2, 0.25) is 0 Å². The molecule has 4 rings (SSSR count). The Morgan fingerprint density at radius 3 is 3.17 bits per heavy atom. The van der Waals surface area contributed by atoms with E-state index >= 15 is 0 Å². The van der Waals surface area contributed by atoms with Crippen LogP contribution in [-0.4, -0.2) is 43.4 Å². The van der Waals surface area contributed by atoms with E-state index in [0.29, 0.717) is 5.69 Å². The van der Waals surface area contributed by atoms with Gasteiger partial charge in [-0.25, -0.2) is 0 Å². The van der Waals surface area contributed by atoms with Crippen molar-refractivity contribution in [1.29, 1.82) is 0 Å². The molecule has 0 unspecified atom stereocenters. The van der Waals surface area contributed by atoms with E-state index in [-0.39, 0.29) is 11.9 Å². The van der Waals surface area contributed by atoms with Gasteiger partial charge in [0, 0.05) is 18.9 Å². The van der Waals surface area contributed by atoms with Gasteiger partial charge < -0.3 is 4.90 Å². The van der Waals surface area contributed by atoms with E-state index in [1.54, 1.807) is 17.5 Å². The molecule has 1 N–H and O–H groups in total. The van der Waals surface area contributed by atoms with Crippen LogP contribution in [0.15, 0.2) is 42.0 Å². The van der Waals surface area contributed by atoms with Crippen LogP contribution in [0.5, 0.6) is 0 Å². The number of nitrogens with zero attached hydrogens (tertiary/aromatic N) is 4. The van der Waals surface area contributed by atoms with E-state index < -0.39 is 0 Å². The minimum absolute atomic E-state index is 0.00119. The van der Waals surface area contributed by atoms with Crippen LogP contribution in [0, 0.1) is 0 Å². The molecule has 1 atom stereocenters. The van der Waals surface area contributed by atoms with Gasteiger partial charge in [-0.15, -0.1) is 11.3 Å². The van der Waals surface area contributed by atoms with Crippen molar-refractivity contribution in [2.75, 3.05) is 6.54 Å². The first-order valence-corrected chi connectivity index (χ1v) is 8.57. The zero-order chi connectivity index (χ0) is 15.6. The Bertz CT molecular complexity index is 777. The summed E-state index contributed by atoms with van der Waals surface area (Å²) in [4.78, 5) is 15.8. The average Bonchev–Trinajstić information content (AvgIpc) is 3.33. The van der Waals surface area contributed by atoms with E-state index in [2.05, 4.69) is 15.3 Å². The summed E-state index contributed by atoms with van der Waals surface area (Å²) in [7, 11) is 0. The van der Waals surface area contributed by atoms with Gasteiger partial charge in [-0.05, 0) is 36.4 Å². The third kappa shape index (κ3) is 2.79. The summed E-state index contributed by atoms with van der Waals surface area (Å²) in [6, 6.07) is 7.94. The second-order valence-electron chi connectivity index (χ2n) is 5.67.